The first-order valence-corrected chi connectivity index (χ1v) is 21.6. The fourth-order valence-electron chi connectivity index (χ4n) is 8.00. The number of halogens is 2. The second-order valence-electron chi connectivity index (χ2n) is 15.9. The van der Waals surface area contributed by atoms with Crippen molar-refractivity contribution in [2.45, 2.75) is 26.3 Å². The summed E-state index contributed by atoms with van der Waals surface area (Å²) in [5.74, 6) is 7.35. The van der Waals surface area contributed by atoms with E-state index in [2.05, 4.69) is 63.3 Å². The van der Waals surface area contributed by atoms with Crippen LogP contribution < -0.4 is 20.1 Å². The molecule has 0 saturated carbocycles. The van der Waals surface area contributed by atoms with Crippen LogP contribution in [0.3, 0.4) is 0 Å². The number of hydrogen-bond acceptors (Lipinski definition) is 14. The minimum Gasteiger partial charge on any atom is -0.487 e. The number of rotatable bonds is 15. The van der Waals surface area contributed by atoms with Crippen molar-refractivity contribution in [3.63, 3.8) is 0 Å². The van der Waals surface area contributed by atoms with E-state index in [-0.39, 0.29) is 38.0 Å². The molecule has 0 bridgehead atoms. The van der Waals surface area contributed by atoms with Crippen LogP contribution in [0.4, 0.5) is 0 Å². The number of ether oxygens (including phenoxy) is 2. The van der Waals surface area contributed by atoms with Gasteiger partial charge in [-0.3, -0.25) is 9.98 Å². The molecule has 68 heavy (non-hydrogen) atoms. The molecule has 2 aliphatic heterocycles. The Morgan fingerprint density at radius 1 is 0.515 bits per heavy atom. The van der Waals surface area contributed by atoms with Crippen LogP contribution in [0.2, 0.25) is 0 Å². The molecule has 0 saturated heterocycles. The van der Waals surface area contributed by atoms with Crippen LogP contribution in [-0.2, 0) is 26.3 Å². The number of aliphatic imine (C=N–C) groups is 2. The van der Waals surface area contributed by atoms with Crippen molar-refractivity contribution in [2.24, 2.45) is 9.98 Å². The average Bonchev–Trinajstić information content (AvgIpc) is 4.20. The Labute approximate surface area is 399 Å². The Hall–Kier alpha value is -8.22. The number of hydrogen-bond donors (Lipinski definition) is 4. The average molecular weight is 950 g/mol. The van der Waals surface area contributed by atoms with Crippen LogP contribution in [0.5, 0.6) is 11.5 Å². The molecular weight excluding hydrogens is 908 g/mol. The third kappa shape index (κ3) is 9.27. The van der Waals surface area contributed by atoms with E-state index in [1.54, 1.807) is 9.36 Å². The summed E-state index contributed by atoms with van der Waals surface area (Å²) in [6.07, 6.45) is 3.71. The summed E-state index contributed by atoms with van der Waals surface area (Å²) in [5.41, 5.74) is 9.13. The highest BCUT2D eigenvalue weighted by atomic mass is 35.5. The van der Waals surface area contributed by atoms with Crippen LogP contribution in [-0.4, -0.2) is 87.8 Å². The van der Waals surface area contributed by atoms with Gasteiger partial charge in [0, 0.05) is 24.2 Å². The van der Waals surface area contributed by atoms with Gasteiger partial charge in [-0.1, -0.05) is 34.7 Å². The van der Waals surface area contributed by atoms with E-state index in [0.29, 0.717) is 47.6 Å². The maximum Gasteiger partial charge on any atom is 0.174 e. The minimum atomic E-state index is 0. The van der Waals surface area contributed by atoms with Gasteiger partial charge in [0.2, 0.25) is 0 Å². The molecule has 4 N–H and O–H groups in total. The summed E-state index contributed by atoms with van der Waals surface area (Å²) >= 11 is 0. The molecule has 10 aromatic rings. The Kier molecular flexibility index (Phi) is 12.2. The molecule has 4 aromatic carbocycles. The van der Waals surface area contributed by atoms with Crippen molar-refractivity contribution in [3.05, 3.63) is 156 Å². The van der Waals surface area contributed by atoms with Crippen LogP contribution in [0, 0.1) is 0 Å². The highest BCUT2D eigenvalue weighted by molar-refractivity contribution is 6.03. The lowest BCUT2D eigenvalue weighted by Crippen LogP contribution is -2.19. The summed E-state index contributed by atoms with van der Waals surface area (Å²) in [4.78, 5) is 25.2. The predicted molar refractivity (Wildman–Crippen MR) is 260 cm³/mol. The molecule has 20 heteroatoms. The summed E-state index contributed by atoms with van der Waals surface area (Å²) in [5, 5.41) is 23.8. The number of furan rings is 2. The third-order valence-corrected chi connectivity index (χ3v) is 11.3. The molecule has 0 atom stereocenters. The Bertz CT molecular complexity index is 3190. The highest BCUT2D eigenvalue weighted by Crippen LogP contribution is 2.28. The second-order valence-corrected chi connectivity index (χ2v) is 15.9. The van der Waals surface area contributed by atoms with E-state index in [9.17, 15) is 0 Å². The second kappa shape index (κ2) is 18.9. The van der Waals surface area contributed by atoms with Gasteiger partial charge in [-0.25, -0.2) is 19.3 Å². The van der Waals surface area contributed by atoms with Gasteiger partial charge in [-0.2, -0.15) is 0 Å². The first-order chi connectivity index (χ1) is 32.6. The van der Waals surface area contributed by atoms with Crippen molar-refractivity contribution < 1.29 is 18.3 Å². The molecule has 12 rings (SSSR count). The maximum atomic E-state index is 6.13. The molecule has 0 radical (unpaired) electrons. The number of fused-ring (bicyclic) bond motifs is 2. The van der Waals surface area contributed by atoms with E-state index in [1.807, 2.05) is 109 Å². The smallest absolute Gasteiger partial charge is 0.174 e. The summed E-state index contributed by atoms with van der Waals surface area (Å²) in [6, 6.07) is 35.7. The fraction of sp³-hybridized carbons (Fsp3) is 0.167. The number of nitrogens with one attached hydrogen (secondary N) is 4. The maximum absolute atomic E-state index is 6.13. The first kappa shape index (κ1) is 43.7. The molecule has 0 amide bonds. The number of aromatic nitrogens is 10. The van der Waals surface area contributed by atoms with E-state index >= 15 is 0 Å². The highest BCUT2D eigenvalue weighted by Gasteiger charge is 2.16. The molecule has 0 unspecified atom stereocenters. The number of benzene rings is 4. The standard InChI is InChI=1S/C48H40N14O4.2ClH/c1-7-35(63-27-33-23-61(59-57-33)25-37-11-15-43(65-37)47-53-39-13-5-31(21-41(39)55-47)45-49-17-18-50-45)8-2-29(1)30-3-9-36(10-4-30)64-28-34-24-62(60-58-34)26-38-12-16-44(66-38)48-54-40-14-6-32(22-42(40)56-48)46-51-19-20-52-46;;/h1-16,21-24H,17-20,25-28H2,(H,49,50)(H,51,52)(H,53,55)(H,54,56);2*1H. The normalized spacial score (nSPS) is 13.2. The van der Waals surface area contributed by atoms with Gasteiger partial charge in [0.05, 0.1) is 47.6 Å². The SMILES string of the molecule is Cl.Cl.c1cc(-c2ccc(OCc3cn(Cc4ccc(-c5nc6ccc(C7=NCCN7)cc6[nH]5)o4)nn3)cc2)ccc1OCc1cn(Cc2ccc(-c3nc4ccc(C5=NCCN5)cc4[nH]3)o2)nn1. The van der Waals surface area contributed by atoms with Gasteiger partial charge in [0.25, 0.3) is 0 Å². The topological polar surface area (TPSA) is 212 Å². The zero-order valence-corrected chi connectivity index (χ0v) is 37.8. The molecular formula is C48H42Cl2N14O4. The van der Waals surface area contributed by atoms with Gasteiger partial charge >= 0.3 is 0 Å². The third-order valence-electron chi connectivity index (χ3n) is 11.3. The van der Waals surface area contributed by atoms with Crippen molar-refractivity contribution in [1.29, 1.82) is 0 Å². The lowest BCUT2D eigenvalue weighted by atomic mass is 10.1. The Morgan fingerprint density at radius 2 is 0.956 bits per heavy atom. The number of aromatic amines is 2. The van der Waals surface area contributed by atoms with E-state index in [1.165, 1.54) is 0 Å². The van der Waals surface area contributed by atoms with Crippen molar-refractivity contribution in [2.75, 3.05) is 26.2 Å². The number of imidazole rings is 2. The van der Waals surface area contributed by atoms with Crippen LogP contribution in [0.25, 0.3) is 56.4 Å². The van der Waals surface area contributed by atoms with Gasteiger partial charge in [0.15, 0.2) is 23.2 Å². The largest absolute Gasteiger partial charge is 0.487 e. The van der Waals surface area contributed by atoms with E-state index in [0.717, 1.165) is 105 Å². The summed E-state index contributed by atoms with van der Waals surface area (Å²) < 4.78 is 27.8. The zero-order valence-electron chi connectivity index (χ0n) is 36.1. The van der Waals surface area contributed by atoms with Crippen LogP contribution in [0.15, 0.2) is 140 Å². The Balaban J connectivity index is 0.00000269. The first-order valence-electron chi connectivity index (χ1n) is 21.6. The Morgan fingerprint density at radius 3 is 1.38 bits per heavy atom. The lowest BCUT2D eigenvalue weighted by molar-refractivity contribution is 0.301. The monoisotopic (exact) mass is 948 g/mol. The number of amidine groups is 2. The minimum absolute atomic E-state index is 0. The van der Waals surface area contributed by atoms with Crippen molar-refractivity contribution >= 4 is 58.6 Å². The number of nitrogens with zero attached hydrogens (tertiary/aromatic N) is 10. The van der Waals surface area contributed by atoms with Gasteiger partial charge in [-0.15, -0.1) is 35.0 Å². The number of H-pyrrole nitrogens is 2. The molecule has 0 aliphatic carbocycles. The van der Waals surface area contributed by atoms with Crippen molar-refractivity contribution in [3.8, 4) is 45.8 Å². The van der Waals surface area contributed by atoms with E-state index < -0.39 is 0 Å². The molecule has 8 heterocycles. The molecule has 0 spiro atoms. The lowest BCUT2D eigenvalue weighted by Gasteiger charge is -2.08. The predicted octanol–water partition coefficient (Wildman–Crippen LogP) is 7.61. The van der Waals surface area contributed by atoms with Crippen LogP contribution in [0.1, 0.15) is 34.0 Å². The zero-order chi connectivity index (χ0) is 43.8. The van der Waals surface area contributed by atoms with Gasteiger partial charge in [-0.05, 0) is 96.1 Å². The fourth-order valence-corrected chi connectivity index (χ4v) is 8.00. The summed E-state index contributed by atoms with van der Waals surface area (Å²) in [6.45, 7) is 4.68. The molecule has 6 aromatic heterocycles. The van der Waals surface area contributed by atoms with Gasteiger partial charge in [0.1, 0.15) is 72.4 Å². The molecule has 18 nitrogen and oxygen atoms in total. The van der Waals surface area contributed by atoms with E-state index in [4.69, 9.17) is 28.3 Å². The molecule has 0 fully saturated rings. The molecule has 2 aliphatic rings. The van der Waals surface area contributed by atoms with Gasteiger partial charge < -0.3 is 38.9 Å². The van der Waals surface area contributed by atoms with Crippen molar-refractivity contribution in [1.82, 2.24) is 60.6 Å². The quantitative estimate of drug-likeness (QED) is 0.0782. The van der Waals surface area contributed by atoms with Crippen LogP contribution >= 0.6 is 24.8 Å². The summed E-state index contributed by atoms with van der Waals surface area (Å²) in [7, 11) is 0. The molecule has 342 valence electrons.